The number of hydrogen-bond donors (Lipinski definition) is 2. The van der Waals surface area contributed by atoms with Crippen molar-refractivity contribution in [2.45, 2.75) is 38.5 Å². The molecule has 2 heteroatoms. The third kappa shape index (κ3) is 3.95. The van der Waals surface area contributed by atoms with E-state index in [0.29, 0.717) is 5.92 Å². The van der Waals surface area contributed by atoms with Crippen molar-refractivity contribution < 1.29 is 10.2 Å². The van der Waals surface area contributed by atoms with Gasteiger partial charge in [0.25, 0.3) is 0 Å². The van der Waals surface area contributed by atoms with Crippen molar-refractivity contribution in [2.24, 2.45) is 0 Å². The fourth-order valence-electron chi connectivity index (χ4n) is 2.03. The van der Waals surface area contributed by atoms with Gasteiger partial charge >= 0.3 is 0 Å². The Hall–Kier alpha value is -0.860. The highest BCUT2D eigenvalue weighted by Crippen LogP contribution is 2.24. The van der Waals surface area contributed by atoms with Gasteiger partial charge in [-0.3, -0.25) is 0 Å². The van der Waals surface area contributed by atoms with Gasteiger partial charge in [0, 0.05) is 13.2 Å². The zero-order chi connectivity index (χ0) is 11.8. The maximum absolute atomic E-state index is 8.84. The molecule has 0 fully saturated rings. The minimum absolute atomic E-state index is 0.209. The van der Waals surface area contributed by atoms with E-state index in [1.165, 1.54) is 11.1 Å². The number of aliphatic hydroxyl groups excluding tert-OH is 2. The lowest BCUT2D eigenvalue weighted by molar-refractivity contribution is 0.279. The molecule has 0 saturated heterocycles. The van der Waals surface area contributed by atoms with E-state index in [0.717, 1.165) is 25.7 Å². The summed E-state index contributed by atoms with van der Waals surface area (Å²) >= 11 is 0. The summed E-state index contributed by atoms with van der Waals surface area (Å²) in [5.74, 6) is 0.551. The first-order chi connectivity index (χ1) is 7.81. The summed E-state index contributed by atoms with van der Waals surface area (Å²) in [4.78, 5) is 0. The first-order valence-electron chi connectivity index (χ1n) is 6.12. The van der Waals surface area contributed by atoms with Crippen LogP contribution in [0.5, 0.6) is 0 Å². The lowest BCUT2D eigenvalue weighted by Gasteiger charge is -2.15. The van der Waals surface area contributed by atoms with Crippen LogP contribution < -0.4 is 0 Å². The molecular weight excluding hydrogens is 200 g/mol. The molecule has 90 valence electrons. The number of hydrogen-bond acceptors (Lipinski definition) is 2. The second kappa shape index (κ2) is 7.42. The molecule has 0 aromatic heterocycles. The van der Waals surface area contributed by atoms with Crippen LogP contribution in [0.3, 0.4) is 0 Å². The van der Waals surface area contributed by atoms with Gasteiger partial charge in [-0.15, -0.1) is 0 Å². The van der Waals surface area contributed by atoms with Crippen LogP contribution in [0.4, 0.5) is 0 Å². The lowest BCUT2D eigenvalue weighted by Crippen LogP contribution is -1.99. The van der Waals surface area contributed by atoms with Crippen LogP contribution in [-0.2, 0) is 6.42 Å². The van der Waals surface area contributed by atoms with Crippen molar-refractivity contribution >= 4 is 0 Å². The van der Waals surface area contributed by atoms with Crippen LogP contribution in [0, 0.1) is 0 Å². The molecule has 0 bridgehead atoms. The molecule has 16 heavy (non-hydrogen) atoms. The van der Waals surface area contributed by atoms with Crippen LogP contribution in [0.15, 0.2) is 24.3 Å². The first kappa shape index (κ1) is 13.2. The molecular formula is C14H22O2. The van der Waals surface area contributed by atoms with Crippen LogP contribution in [0.2, 0.25) is 0 Å². The Labute approximate surface area is 97.9 Å². The van der Waals surface area contributed by atoms with Crippen molar-refractivity contribution in [1.29, 1.82) is 0 Å². The molecule has 0 aliphatic rings. The monoisotopic (exact) mass is 222 g/mol. The minimum Gasteiger partial charge on any atom is -0.396 e. The van der Waals surface area contributed by atoms with E-state index >= 15 is 0 Å². The van der Waals surface area contributed by atoms with E-state index in [9.17, 15) is 0 Å². The van der Waals surface area contributed by atoms with Gasteiger partial charge in [0.05, 0.1) is 0 Å². The molecule has 1 unspecified atom stereocenters. The Morgan fingerprint density at radius 2 is 1.75 bits per heavy atom. The van der Waals surface area contributed by atoms with Crippen molar-refractivity contribution in [3.05, 3.63) is 35.4 Å². The van der Waals surface area contributed by atoms with Gasteiger partial charge in [0.2, 0.25) is 0 Å². The summed E-state index contributed by atoms with van der Waals surface area (Å²) in [5, 5.41) is 17.7. The highest BCUT2D eigenvalue weighted by Gasteiger charge is 2.08. The molecule has 0 spiro atoms. The summed E-state index contributed by atoms with van der Waals surface area (Å²) < 4.78 is 0. The molecule has 1 aromatic rings. The molecule has 0 saturated carbocycles. The summed E-state index contributed by atoms with van der Waals surface area (Å²) in [6, 6.07) is 8.48. The normalized spacial score (nSPS) is 12.7. The standard InChI is InChI=1S/C14H22O2/c1-2-13(4-3-10-15)14-7-5-12(6-8-14)9-11-16/h5-8,13,15-16H,2-4,9-11H2,1H3. The van der Waals surface area contributed by atoms with E-state index < -0.39 is 0 Å². The van der Waals surface area contributed by atoms with Gasteiger partial charge in [0.15, 0.2) is 0 Å². The second-order valence-corrected chi connectivity index (χ2v) is 4.19. The predicted molar refractivity (Wildman–Crippen MR) is 66.6 cm³/mol. The third-order valence-electron chi connectivity index (χ3n) is 3.06. The van der Waals surface area contributed by atoms with E-state index in [-0.39, 0.29) is 13.2 Å². The van der Waals surface area contributed by atoms with Crippen LogP contribution in [-0.4, -0.2) is 23.4 Å². The Kier molecular flexibility index (Phi) is 6.12. The highest BCUT2D eigenvalue weighted by molar-refractivity contribution is 5.25. The molecule has 2 nitrogen and oxygen atoms in total. The topological polar surface area (TPSA) is 40.5 Å². The quantitative estimate of drug-likeness (QED) is 0.744. The van der Waals surface area contributed by atoms with Gasteiger partial charge in [-0.1, -0.05) is 31.2 Å². The number of aliphatic hydroxyl groups is 2. The van der Waals surface area contributed by atoms with Crippen LogP contribution in [0.25, 0.3) is 0 Å². The highest BCUT2D eigenvalue weighted by atomic mass is 16.3. The average Bonchev–Trinajstić information content (AvgIpc) is 2.32. The zero-order valence-electron chi connectivity index (χ0n) is 10.0. The largest absolute Gasteiger partial charge is 0.396 e. The molecule has 1 aromatic carbocycles. The van der Waals surface area contributed by atoms with Gasteiger partial charge in [0.1, 0.15) is 0 Å². The van der Waals surface area contributed by atoms with E-state index in [1.54, 1.807) is 0 Å². The Bertz CT molecular complexity index is 279. The van der Waals surface area contributed by atoms with Crippen LogP contribution in [0.1, 0.15) is 43.2 Å². The molecule has 0 radical (unpaired) electrons. The van der Waals surface area contributed by atoms with Gasteiger partial charge in [-0.05, 0) is 42.7 Å². The fraction of sp³-hybridized carbons (Fsp3) is 0.571. The maximum Gasteiger partial charge on any atom is 0.0471 e. The van der Waals surface area contributed by atoms with Gasteiger partial charge in [-0.25, -0.2) is 0 Å². The molecule has 0 heterocycles. The van der Waals surface area contributed by atoms with Crippen molar-refractivity contribution in [2.75, 3.05) is 13.2 Å². The number of benzene rings is 1. The zero-order valence-corrected chi connectivity index (χ0v) is 10.0. The van der Waals surface area contributed by atoms with Gasteiger partial charge in [-0.2, -0.15) is 0 Å². The summed E-state index contributed by atoms with van der Waals surface area (Å²) in [5.41, 5.74) is 2.53. The summed E-state index contributed by atoms with van der Waals surface area (Å²) in [6.45, 7) is 2.67. The third-order valence-corrected chi connectivity index (χ3v) is 3.06. The Balaban J connectivity index is 2.62. The number of rotatable bonds is 7. The summed E-state index contributed by atoms with van der Waals surface area (Å²) in [7, 11) is 0. The van der Waals surface area contributed by atoms with Crippen molar-refractivity contribution in [3.8, 4) is 0 Å². The first-order valence-corrected chi connectivity index (χ1v) is 6.12. The van der Waals surface area contributed by atoms with Crippen molar-refractivity contribution in [1.82, 2.24) is 0 Å². The smallest absolute Gasteiger partial charge is 0.0471 e. The minimum atomic E-state index is 0.209. The fourth-order valence-corrected chi connectivity index (χ4v) is 2.03. The molecule has 1 rings (SSSR count). The van der Waals surface area contributed by atoms with E-state index in [1.807, 2.05) is 0 Å². The van der Waals surface area contributed by atoms with E-state index in [2.05, 4.69) is 31.2 Å². The van der Waals surface area contributed by atoms with Crippen molar-refractivity contribution in [3.63, 3.8) is 0 Å². The molecule has 2 N–H and O–H groups in total. The Morgan fingerprint density at radius 1 is 1.06 bits per heavy atom. The molecule has 1 atom stereocenters. The Morgan fingerprint density at radius 3 is 2.25 bits per heavy atom. The molecule has 0 amide bonds. The predicted octanol–water partition coefficient (Wildman–Crippen LogP) is 2.49. The van der Waals surface area contributed by atoms with Gasteiger partial charge < -0.3 is 10.2 Å². The molecule has 0 aliphatic heterocycles. The molecule has 0 aliphatic carbocycles. The SMILES string of the molecule is CCC(CCCO)c1ccc(CCO)cc1. The second-order valence-electron chi connectivity index (χ2n) is 4.19. The lowest BCUT2D eigenvalue weighted by atomic mass is 9.91. The summed E-state index contributed by atoms with van der Waals surface area (Å²) in [6.07, 6.45) is 3.76. The average molecular weight is 222 g/mol. The maximum atomic E-state index is 8.84. The van der Waals surface area contributed by atoms with E-state index in [4.69, 9.17) is 10.2 Å². The van der Waals surface area contributed by atoms with Crippen LogP contribution >= 0.6 is 0 Å².